The Balaban J connectivity index is 1.28. The molecule has 2 aromatic heterocycles. The second kappa shape index (κ2) is 9.33. The van der Waals surface area contributed by atoms with Gasteiger partial charge in [0.05, 0.1) is 28.7 Å². The molecule has 0 bridgehead atoms. The van der Waals surface area contributed by atoms with Crippen molar-refractivity contribution in [1.82, 2.24) is 24.6 Å². The first-order valence-corrected chi connectivity index (χ1v) is 11.7. The van der Waals surface area contributed by atoms with Crippen molar-refractivity contribution >= 4 is 28.4 Å². The molecule has 1 amide bonds. The molecule has 7 heteroatoms. The Morgan fingerprint density at radius 3 is 2.61 bits per heavy atom. The van der Waals surface area contributed by atoms with Crippen LogP contribution in [0.5, 0.6) is 0 Å². The van der Waals surface area contributed by atoms with Crippen LogP contribution < -0.4 is 0 Å². The average molecular weight is 460 g/mol. The molecule has 1 fully saturated rings. The molecule has 3 heterocycles. The number of pyridine rings is 1. The average Bonchev–Trinajstić information content (AvgIpc) is 3.28. The van der Waals surface area contributed by atoms with E-state index in [1.807, 2.05) is 53.0 Å². The van der Waals surface area contributed by atoms with Gasteiger partial charge in [-0.05, 0) is 36.2 Å². The van der Waals surface area contributed by atoms with E-state index in [-0.39, 0.29) is 5.91 Å². The van der Waals surface area contributed by atoms with Crippen LogP contribution in [0.2, 0.25) is 5.02 Å². The van der Waals surface area contributed by atoms with Crippen molar-refractivity contribution in [2.45, 2.75) is 19.9 Å². The predicted octanol–water partition coefficient (Wildman–Crippen LogP) is 4.59. The number of halogens is 1. The van der Waals surface area contributed by atoms with Gasteiger partial charge in [0.25, 0.3) is 5.91 Å². The molecule has 5 rings (SSSR count). The number of nitrogens with zero attached hydrogens (tertiary/aromatic N) is 5. The number of hydrogen-bond acceptors (Lipinski definition) is 4. The van der Waals surface area contributed by atoms with Crippen molar-refractivity contribution in [3.05, 3.63) is 88.8 Å². The molecule has 0 radical (unpaired) electrons. The van der Waals surface area contributed by atoms with Crippen LogP contribution in [0.1, 0.15) is 28.5 Å². The molecule has 0 atom stereocenters. The summed E-state index contributed by atoms with van der Waals surface area (Å²) < 4.78 is 1.82. The van der Waals surface area contributed by atoms with Gasteiger partial charge in [-0.1, -0.05) is 48.9 Å². The van der Waals surface area contributed by atoms with Crippen LogP contribution in [0, 0.1) is 0 Å². The highest BCUT2D eigenvalue weighted by molar-refractivity contribution is 6.30. The number of carbonyl (C=O) groups excluding carboxylic acids is 1. The molecular formula is C26H26ClN5O. The van der Waals surface area contributed by atoms with Gasteiger partial charge in [0, 0.05) is 49.3 Å². The minimum absolute atomic E-state index is 0.0478. The fourth-order valence-electron chi connectivity index (χ4n) is 4.54. The van der Waals surface area contributed by atoms with Gasteiger partial charge in [-0.2, -0.15) is 5.10 Å². The summed E-state index contributed by atoms with van der Waals surface area (Å²) in [6.45, 7) is 5.94. The number of hydrogen-bond donors (Lipinski definition) is 0. The molecule has 1 aliphatic rings. The zero-order chi connectivity index (χ0) is 22.8. The van der Waals surface area contributed by atoms with Gasteiger partial charge in [0.2, 0.25) is 0 Å². The Hall–Kier alpha value is -3.22. The zero-order valence-corrected chi connectivity index (χ0v) is 19.4. The Labute approximate surface area is 198 Å². The van der Waals surface area contributed by atoms with Crippen molar-refractivity contribution in [3.8, 4) is 5.69 Å². The topological polar surface area (TPSA) is 54.3 Å². The standard InChI is InChI=1S/C26H26ClN5O/c1-2-24-23(17-29-32(24)22-10-4-9-21(27)16-22)26(33)31-14-12-30(13-15-31)18-20-7-3-6-19-8-5-11-28-25(19)20/h3-11,16-17H,2,12-15,18H2,1H3. The van der Waals surface area contributed by atoms with Gasteiger partial charge in [-0.3, -0.25) is 14.7 Å². The number of para-hydroxylation sites is 1. The maximum Gasteiger partial charge on any atom is 0.257 e. The van der Waals surface area contributed by atoms with E-state index < -0.39 is 0 Å². The van der Waals surface area contributed by atoms with Gasteiger partial charge in [0.15, 0.2) is 0 Å². The van der Waals surface area contributed by atoms with Crippen molar-refractivity contribution in [2.75, 3.05) is 26.2 Å². The van der Waals surface area contributed by atoms with Crippen LogP contribution in [0.15, 0.2) is 67.0 Å². The summed E-state index contributed by atoms with van der Waals surface area (Å²) in [5.41, 5.74) is 4.73. The fourth-order valence-corrected chi connectivity index (χ4v) is 4.72. The fraction of sp³-hybridized carbons (Fsp3) is 0.269. The number of rotatable bonds is 5. The number of carbonyl (C=O) groups is 1. The highest BCUT2D eigenvalue weighted by Crippen LogP contribution is 2.22. The molecule has 0 saturated carbocycles. The third-order valence-electron chi connectivity index (χ3n) is 6.26. The molecular weight excluding hydrogens is 434 g/mol. The van der Waals surface area contributed by atoms with Crippen molar-refractivity contribution in [1.29, 1.82) is 0 Å². The first-order chi connectivity index (χ1) is 16.1. The SMILES string of the molecule is CCc1c(C(=O)N2CCN(Cc3cccc4cccnc34)CC2)cnn1-c1cccc(Cl)c1. The van der Waals surface area contributed by atoms with E-state index in [4.69, 9.17) is 11.6 Å². The normalized spacial score (nSPS) is 14.7. The molecule has 0 unspecified atom stereocenters. The van der Waals surface area contributed by atoms with E-state index in [1.165, 1.54) is 5.56 Å². The lowest BCUT2D eigenvalue weighted by Crippen LogP contribution is -2.48. The first-order valence-electron chi connectivity index (χ1n) is 11.3. The summed E-state index contributed by atoms with van der Waals surface area (Å²) in [6.07, 6.45) is 4.25. The first kappa shape index (κ1) is 21.6. The second-order valence-electron chi connectivity index (χ2n) is 8.31. The third kappa shape index (κ3) is 4.36. The van der Waals surface area contributed by atoms with Crippen LogP contribution in [0.3, 0.4) is 0 Å². The van der Waals surface area contributed by atoms with Crippen molar-refractivity contribution in [2.24, 2.45) is 0 Å². The van der Waals surface area contributed by atoms with Crippen LogP contribution >= 0.6 is 11.6 Å². The quantitative estimate of drug-likeness (QED) is 0.438. The van der Waals surface area contributed by atoms with E-state index in [1.54, 1.807) is 6.20 Å². The Kier molecular flexibility index (Phi) is 6.11. The van der Waals surface area contributed by atoms with Crippen LogP contribution in [0.4, 0.5) is 0 Å². The predicted molar refractivity (Wildman–Crippen MR) is 131 cm³/mol. The van der Waals surface area contributed by atoms with Gasteiger partial charge >= 0.3 is 0 Å². The van der Waals surface area contributed by atoms with Crippen molar-refractivity contribution < 1.29 is 4.79 Å². The number of piperazine rings is 1. The van der Waals surface area contributed by atoms with E-state index in [2.05, 4.69) is 39.2 Å². The summed E-state index contributed by atoms with van der Waals surface area (Å²) in [7, 11) is 0. The molecule has 1 aliphatic heterocycles. The molecule has 0 aliphatic carbocycles. The number of benzene rings is 2. The monoisotopic (exact) mass is 459 g/mol. The smallest absolute Gasteiger partial charge is 0.257 e. The van der Waals surface area contributed by atoms with Crippen LogP contribution in [-0.2, 0) is 13.0 Å². The van der Waals surface area contributed by atoms with Crippen LogP contribution in [-0.4, -0.2) is 56.7 Å². The van der Waals surface area contributed by atoms with Crippen molar-refractivity contribution in [3.63, 3.8) is 0 Å². The maximum absolute atomic E-state index is 13.3. The summed E-state index contributed by atoms with van der Waals surface area (Å²) >= 11 is 6.16. The van der Waals surface area contributed by atoms with Gasteiger partial charge in [-0.15, -0.1) is 0 Å². The molecule has 0 N–H and O–H groups in total. The molecule has 168 valence electrons. The summed E-state index contributed by atoms with van der Waals surface area (Å²) in [5, 5.41) is 6.32. The molecule has 6 nitrogen and oxygen atoms in total. The van der Waals surface area contributed by atoms with E-state index >= 15 is 0 Å². The number of amides is 1. The van der Waals surface area contributed by atoms with Gasteiger partial charge in [-0.25, -0.2) is 4.68 Å². The lowest BCUT2D eigenvalue weighted by atomic mass is 10.1. The lowest BCUT2D eigenvalue weighted by molar-refractivity contribution is 0.0628. The Morgan fingerprint density at radius 2 is 1.82 bits per heavy atom. The lowest BCUT2D eigenvalue weighted by Gasteiger charge is -2.34. The van der Waals surface area contributed by atoms with Gasteiger partial charge in [0.1, 0.15) is 0 Å². The maximum atomic E-state index is 13.3. The summed E-state index contributed by atoms with van der Waals surface area (Å²) in [6, 6.07) is 17.9. The molecule has 33 heavy (non-hydrogen) atoms. The summed E-state index contributed by atoms with van der Waals surface area (Å²) in [5.74, 6) is 0.0478. The largest absolute Gasteiger partial charge is 0.336 e. The Morgan fingerprint density at radius 1 is 1.03 bits per heavy atom. The number of aromatic nitrogens is 3. The highest BCUT2D eigenvalue weighted by atomic mass is 35.5. The zero-order valence-electron chi connectivity index (χ0n) is 18.6. The van der Waals surface area contributed by atoms with Gasteiger partial charge < -0.3 is 4.90 Å². The Bertz CT molecular complexity index is 1290. The molecule has 0 spiro atoms. The molecule has 1 saturated heterocycles. The van der Waals surface area contributed by atoms with E-state index in [0.717, 1.165) is 41.9 Å². The minimum Gasteiger partial charge on any atom is -0.336 e. The second-order valence-corrected chi connectivity index (χ2v) is 8.75. The minimum atomic E-state index is 0.0478. The van der Waals surface area contributed by atoms with E-state index in [0.29, 0.717) is 30.1 Å². The molecule has 2 aromatic carbocycles. The summed E-state index contributed by atoms with van der Waals surface area (Å²) in [4.78, 5) is 22.3. The third-order valence-corrected chi connectivity index (χ3v) is 6.49. The van der Waals surface area contributed by atoms with E-state index in [9.17, 15) is 4.79 Å². The van der Waals surface area contributed by atoms with Crippen LogP contribution in [0.25, 0.3) is 16.6 Å². The highest BCUT2D eigenvalue weighted by Gasteiger charge is 2.26. The number of fused-ring (bicyclic) bond motifs is 1. The molecule has 4 aromatic rings.